The minimum Gasteiger partial charge on any atom is -0.466 e. The predicted molar refractivity (Wildman–Crippen MR) is 86.2 cm³/mol. The molecule has 20 heavy (non-hydrogen) atoms. The maximum atomic E-state index is 12.3. The summed E-state index contributed by atoms with van der Waals surface area (Å²) in [6, 6.07) is 7.03. The van der Waals surface area contributed by atoms with Crippen LogP contribution in [0.3, 0.4) is 0 Å². The van der Waals surface area contributed by atoms with E-state index in [1.807, 2.05) is 6.07 Å². The molecule has 1 amide bonds. The van der Waals surface area contributed by atoms with Crippen molar-refractivity contribution in [2.75, 3.05) is 5.32 Å². The molecule has 4 nitrogen and oxygen atoms in total. The van der Waals surface area contributed by atoms with Gasteiger partial charge in [-0.15, -0.1) is 0 Å². The third kappa shape index (κ3) is 3.08. The van der Waals surface area contributed by atoms with Crippen molar-refractivity contribution in [3.8, 4) is 0 Å². The number of hydrogen-bond donors (Lipinski definition) is 2. The molecule has 1 aromatic heterocycles. The number of carbonyl (C=O) groups is 1. The fourth-order valence-corrected chi connectivity index (χ4v) is 2.42. The van der Waals surface area contributed by atoms with Crippen molar-refractivity contribution < 1.29 is 9.21 Å². The predicted octanol–water partition coefficient (Wildman–Crippen LogP) is 3.55. The first kappa shape index (κ1) is 14.7. The summed E-state index contributed by atoms with van der Waals surface area (Å²) in [5.74, 6) is 1.01. The maximum absolute atomic E-state index is 12.3. The van der Waals surface area contributed by atoms with Crippen LogP contribution in [0.4, 0.5) is 5.69 Å². The fraction of sp³-hybridized carbons (Fsp3) is 0.143. The number of furan rings is 1. The molecule has 0 aliphatic heterocycles. The van der Waals surface area contributed by atoms with Crippen LogP contribution in [0.2, 0.25) is 0 Å². The Balaban J connectivity index is 2.34. The van der Waals surface area contributed by atoms with Gasteiger partial charge in [0.2, 0.25) is 0 Å². The molecule has 104 valence electrons. The highest BCUT2D eigenvalue weighted by Gasteiger charge is 2.16. The number of anilines is 1. The van der Waals surface area contributed by atoms with Crippen molar-refractivity contribution in [2.24, 2.45) is 5.73 Å². The zero-order valence-electron chi connectivity index (χ0n) is 11.0. The number of aryl methyl sites for hydroxylation is 2. The first-order valence-electron chi connectivity index (χ1n) is 5.86. The Kier molecular flexibility index (Phi) is 4.25. The quantitative estimate of drug-likeness (QED) is 0.829. The van der Waals surface area contributed by atoms with Crippen LogP contribution in [-0.4, -0.2) is 10.9 Å². The first-order chi connectivity index (χ1) is 9.38. The topological polar surface area (TPSA) is 68.3 Å². The second-order valence-electron chi connectivity index (χ2n) is 4.34. The third-order valence-electron chi connectivity index (χ3n) is 2.78. The van der Waals surface area contributed by atoms with E-state index >= 15 is 0 Å². The minimum atomic E-state index is -0.255. The highest BCUT2D eigenvalue weighted by molar-refractivity contribution is 9.10. The largest absolute Gasteiger partial charge is 0.466 e. The van der Waals surface area contributed by atoms with Gasteiger partial charge >= 0.3 is 0 Å². The molecule has 1 aromatic carbocycles. The zero-order chi connectivity index (χ0) is 14.9. The Hall–Kier alpha value is -1.66. The molecule has 0 unspecified atom stereocenters. The van der Waals surface area contributed by atoms with Gasteiger partial charge in [-0.2, -0.15) is 0 Å². The number of halogens is 1. The summed E-state index contributed by atoms with van der Waals surface area (Å²) in [4.78, 5) is 12.5. The number of rotatable bonds is 3. The minimum absolute atomic E-state index is 0.230. The summed E-state index contributed by atoms with van der Waals surface area (Å²) in [7, 11) is 0. The molecule has 0 aliphatic carbocycles. The van der Waals surface area contributed by atoms with Gasteiger partial charge in [-0.25, -0.2) is 0 Å². The number of benzene rings is 1. The van der Waals surface area contributed by atoms with Gasteiger partial charge in [0.25, 0.3) is 5.91 Å². The average Bonchev–Trinajstić information content (AvgIpc) is 2.68. The van der Waals surface area contributed by atoms with Gasteiger partial charge in [-0.1, -0.05) is 28.1 Å². The summed E-state index contributed by atoms with van der Waals surface area (Å²) < 4.78 is 6.18. The molecular formula is C14H13BrN2O2S. The maximum Gasteiger partial charge on any atom is 0.259 e. The van der Waals surface area contributed by atoms with E-state index in [2.05, 4.69) is 21.2 Å². The van der Waals surface area contributed by atoms with Gasteiger partial charge < -0.3 is 15.5 Å². The summed E-state index contributed by atoms with van der Waals surface area (Å²) in [5.41, 5.74) is 7.34. The number of hydrogen-bond acceptors (Lipinski definition) is 3. The van der Waals surface area contributed by atoms with Crippen LogP contribution in [0.15, 0.2) is 33.2 Å². The van der Waals surface area contributed by atoms with E-state index in [1.54, 1.807) is 32.0 Å². The van der Waals surface area contributed by atoms with Gasteiger partial charge in [0.1, 0.15) is 16.5 Å². The molecule has 0 fully saturated rings. The Morgan fingerprint density at radius 1 is 1.30 bits per heavy atom. The van der Waals surface area contributed by atoms with Crippen LogP contribution in [0, 0.1) is 13.8 Å². The summed E-state index contributed by atoms with van der Waals surface area (Å²) in [6.45, 7) is 3.54. The lowest BCUT2D eigenvalue weighted by molar-refractivity contribution is 0.102. The average molecular weight is 353 g/mol. The second-order valence-corrected chi connectivity index (χ2v) is 5.69. The molecule has 0 bridgehead atoms. The van der Waals surface area contributed by atoms with E-state index in [4.69, 9.17) is 22.4 Å². The number of thiocarbonyl (C=S) groups is 1. The molecule has 2 rings (SSSR count). The van der Waals surface area contributed by atoms with E-state index in [1.165, 1.54) is 0 Å². The van der Waals surface area contributed by atoms with Crippen molar-refractivity contribution in [2.45, 2.75) is 13.8 Å². The van der Waals surface area contributed by atoms with Crippen molar-refractivity contribution in [1.29, 1.82) is 0 Å². The third-order valence-corrected chi connectivity index (χ3v) is 3.49. The second kappa shape index (κ2) is 5.76. The summed E-state index contributed by atoms with van der Waals surface area (Å²) >= 11 is 8.34. The molecular weight excluding hydrogens is 340 g/mol. The Morgan fingerprint density at radius 2 is 2.00 bits per heavy atom. The first-order valence-corrected chi connectivity index (χ1v) is 7.06. The van der Waals surface area contributed by atoms with Gasteiger partial charge in [-0.3, -0.25) is 4.79 Å². The monoisotopic (exact) mass is 352 g/mol. The Labute approximate surface area is 130 Å². The standard InChI is InChI=1S/C14H13BrN2O2S/c1-7-5-11(8(2)19-7)14(18)17-12-6-9(15)3-4-10(12)13(16)20/h3-6H,1-2H3,(H2,16,20)(H,17,18). The van der Waals surface area contributed by atoms with Gasteiger partial charge in [-0.05, 0) is 38.1 Å². The van der Waals surface area contributed by atoms with Gasteiger partial charge in [0, 0.05) is 10.0 Å². The number of carbonyl (C=O) groups excluding carboxylic acids is 1. The number of nitrogens with two attached hydrogens (primary N) is 1. The van der Waals surface area contributed by atoms with Crippen molar-refractivity contribution in [3.63, 3.8) is 0 Å². The van der Waals surface area contributed by atoms with Crippen molar-refractivity contribution >= 4 is 44.7 Å². The van der Waals surface area contributed by atoms with Crippen LogP contribution in [0.25, 0.3) is 0 Å². The van der Waals surface area contributed by atoms with Crippen molar-refractivity contribution in [3.05, 3.63) is 51.4 Å². The van der Waals surface area contributed by atoms with E-state index in [0.717, 1.165) is 4.47 Å². The van der Waals surface area contributed by atoms with Gasteiger partial charge in [0.15, 0.2) is 0 Å². The van der Waals surface area contributed by atoms with E-state index in [-0.39, 0.29) is 10.9 Å². The lowest BCUT2D eigenvalue weighted by atomic mass is 10.1. The molecule has 1 heterocycles. The van der Waals surface area contributed by atoms with Crippen LogP contribution in [-0.2, 0) is 0 Å². The normalized spacial score (nSPS) is 10.3. The van der Waals surface area contributed by atoms with E-state index in [0.29, 0.717) is 28.3 Å². The number of nitrogens with one attached hydrogen (secondary N) is 1. The summed E-state index contributed by atoms with van der Waals surface area (Å²) in [6.07, 6.45) is 0. The molecule has 0 saturated heterocycles. The van der Waals surface area contributed by atoms with Crippen LogP contribution < -0.4 is 11.1 Å². The highest BCUT2D eigenvalue weighted by atomic mass is 79.9. The van der Waals surface area contributed by atoms with E-state index in [9.17, 15) is 4.79 Å². The Bertz CT molecular complexity index is 694. The highest BCUT2D eigenvalue weighted by Crippen LogP contribution is 2.23. The molecule has 0 radical (unpaired) electrons. The van der Waals surface area contributed by atoms with Crippen LogP contribution >= 0.6 is 28.1 Å². The van der Waals surface area contributed by atoms with Crippen LogP contribution in [0.1, 0.15) is 27.4 Å². The Morgan fingerprint density at radius 3 is 2.55 bits per heavy atom. The zero-order valence-corrected chi connectivity index (χ0v) is 13.4. The molecule has 0 atom stereocenters. The SMILES string of the molecule is Cc1cc(C(=O)Nc2cc(Br)ccc2C(N)=S)c(C)o1. The molecule has 0 spiro atoms. The lowest BCUT2D eigenvalue weighted by Gasteiger charge is -2.10. The van der Waals surface area contributed by atoms with E-state index < -0.39 is 0 Å². The summed E-state index contributed by atoms with van der Waals surface area (Å²) in [5, 5.41) is 2.81. The molecule has 2 aromatic rings. The molecule has 6 heteroatoms. The van der Waals surface area contributed by atoms with Gasteiger partial charge in [0.05, 0.1) is 11.3 Å². The molecule has 0 saturated carbocycles. The van der Waals surface area contributed by atoms with Crippen molar-refractivity contribution in [1.82, 2.24) is 0 Å². The number of amides is 1. The van der Waals surface area contributed by atoms with Crippen LogP contribution in [0.5, 0.6) is 0 Å². The molecule has 3 N–H and O–H groups in total. The smallest absolute Gasteiger partial charge is 0.259 e. The lowest BCUT2D eigenvalue weighted by Crippen LogP contribution is -2.17. The fourth-order valence-electron chi connectivity index (χ4n) is 1.88. The molecule has 0 aliphatic rings.